The number of nitrogens with zero attached hydrogens (tertiary/aromatic N) is 1. The molecular formula is C10H19NO5S. The molecule has 0 saturated heterocycles. The molecule has 1 aliphatic carbocycles. The highest BCUT2D eigenvalue weighted by Gasteiger charge is 2.43. The van der Waals surface area contributed by atoms with Gasteiger partial charge in [-0.25, -0.2) is 12.7 Å². The van der Waals surface area contributed by atoms with Crippen molar-refractivity contribution in [2.75, 3.05) is 27.3 Å². The van der Waals surface area contributed by atoms with Crippen LogP contribution in [0, 0.1) is 5.92 Å². The van der Waals surface area contributed by atoms with E-state index in [0.29, 0.717) is 19.3 Å². The van der Waals surface area contributed by atoms with Crippen LogP contribution in [0.5, 0.6) is 0 Å². The van der Waals surface area contributed by atoms with Crippen LogP contribution in [0.25, 0.3) is 0 Å². The molecule has 2 unspecified atom stereocenters. The monoisotopic (exact) mass is 265 g/mol. The number of hydrogen-bond acceptors (Lipinski definition) is 5. The molecule has 100 valence electrons. The molecule has 1 N–H and O–H groups in total. The second-order valence-electron chi connectivity index (χ2n) is 4.19. The molecule has 17 heavy (non-hydrogen) atoms. The van der Waals surface area contributed by atoms with Crippen LogP contribution in [0.15, 0.2) is 0 Å². The first kappa shape index (κ1) is 14.4. The zero-order chi connectivity index (χ0) is 13.1. The number of sulfonamides is 1. The van der Waals surface area contributed by atoms with Gasteiger partial charge in [0.15, 0.2) is 0 Å². The van der Waals surface area contributed by atoms with Crippen LogP contribution in [-0.2, 0) is 19.6 Å². The van der Waals surface area contributed by atoms with Crippen LogP contribution in [-0.4, -0.2) is 56.4 Å². The van der Waals surface area contributed by atoms with E-state index < -0.39 is 27.2 Å². The maximum Gasteiger partial charge on any atom is 0.310 e. The fourth-order valence-electron chi connectivity index (χ4n) is 2.20. The summed E-state index contributed by atoms with van der Waals surface area (Å²) in [6, 6.07) is 0. The lowest BCUT2D eigenvalue weighted by Gasteiger charge is -2.24. The number of aliphatic hydroxyl groups is 1. The number of hydrogen-bond donors (Lipinski definition) is 1. The number of carbonyl (C=O) groups excluding carboxylic acids is 1. The van der Waals surface area contributed by atoms with Gasteiger partial charge in [-0.3, -0.25) is 4.79 Å². The Bertz CT molecular complexity index is 367. The smallest absolute Gasteiger partial charge is 0.310 e. The van der Waals surface area contributed by atoms with Crippen molar-refractivity contribution in [1.29, 1.82) is 0 Å². The lowest BCUT2D eigenvalue weighted by Crippen LogP contribution is -2.41. The molecule has 0 heterocycles. The fourth-order valence-corrected chi connectivity index (χ4v) is 4.13. The Morgan fingerprint density at radius 1 is 1.47 bits per heavy atom. The molecule has 0 bridgehead atoms. The first-order valence-electron chi connectivity index (χ1n) is 5.59. The van der Waals surface area contributed by atoms with E-state index in [0.717, 1.165) is 4.31 Å². The first-order valence-corrected chi connectivity index (χ1v) is 7.09. The van der Waals surface area contributed by atoms with Gasteiger partial charge in [0.25, 0.3) is 0 Å². The Morgan fingerprint density at radius 3 is 2.65 bits per heavy atom. The van der Waals surface area contributed by atoms with Crippen LogP contribution in [0.3, 0.4) is 0 Å². The Hall–Kier alpha value is -0.660. The summed E-state index contributed by atoms with van der Waals surface area (Å²) in [6.07, 6.45) is 1.72. The van der Waals surface area contributed by atoms with Crippen molar-refractivity contribution in [3.63, 3.8) is 0 Å². The summed E-state index contributed by atoms with van der Waals surface area (Å²) in [4.78, 5) is 11.5. The number of aliphatic hydroxyl groups excluding tert-OH is 1. The van der Waals surface area contributed by atoms with Crippen LogP contribution >= 0.6 is 0 Å². The maximum atomic E-state index is 12.2. The summed E-state index contributed by atoms with van der Waals surface area (Å²) in [6.45, 7) is -0.182. The van der Waals surface area contributed by atoms with Crippen LogP contribution in [0.1, 0.15) is 19.3 Å². The van der Waals surface area contributed by atoms with Crippen molar-refractivity contribution < 1.29 is 23.1 Å². The van der Waals surface area contributed by atoms with Gasteiger partial charge in [0.05, 0.1) is 24.9 Å². The number of rotatable bonds is 5. The van der Waals surface area contributed by atoms with Gasteiger partial charge in [0, 0.05) is 13.6 Å². The van der Waals surface area contributed by atoms with Gasteiger partial charge in [-0.2, -0.15) is 0 Å². The van der Waals surface area contributed by atoms with Crippen molar-refractivity contribution in [3.05, 3.63) is 0 Å². The Morgan fingerprint density at radius 2 is 2.12 bits per heavy atom. The molecule has 0 aromatic carbocycles. The van der Waals surface area contributed by atoms with Crippen LogP contribution in [0.2, 0.25) is 0 Å². The number of methoxy groups -OCH3 is 1. The van der Waals surface area contributed by atoms with Gasteiger partial charge in [-0.05, 0) is 12.8 Å². The Balaban J connectivity index is 2.87. The zero-order valence-corrected chi connectivity index (χ0v) is 10.9. The molecule has 0 amide bonds. The molecule has 0 spiro atoms. The molecule has 6 nitrogen and oxygen atoms in total. The lowest BCUT2D eigenvalue weighted by molar-refractivity contribution is -0.145. The van der Waals surface area contributed by atoms with E-state index in [4.69, 9.17) is 5.11 Å². The summed E-state index contributed by atoms with van der Waals surface area (Å²) in [5, 5.41) is 8.05. The normalized spacial score (nSPS) is 25.2. The molecule has 0 aliphatic heterocycles. The van der Waals surface area contributed by atoms with E-state index >= 15 is 0 Å². The number of carbonyl (C=O) groups is 1. The van der Waals surface area contributed by atoms with Gasteiger partial charge in [0.1, 0.15) is 0 Å². The second kappa shape index (κ2) is 5.79. The van der Waals surface area contributed by atoms with E-state index in [9.17, 15) is 13.2 Å². The molecule has 1 saturated carbocycles. The summed E-state index contributed by atoms with van der Waals surface area (Å²) in [5.74, 6) is -1.04. The third-order valence-electron chi connectivity index (χ3n) is 3.19. The lowest BCUT2D eigenvalue weighted by atomic mass is 10.1. The molecule has 7 heteroatoms. The average molecular weight is 265 g/mol. The predicted molar refractivity (Wildman–Crippen MR) is 61.8 cm³/mol. The Labute approximate surface area is 102 Å². The topological polar surface area (TPSA) is 83.9 Å². The fraction of sp³-hybridized carbons (Fsp3) is 0.900. The predicted octanol–water partition coefficient (Wildman–Crippen LogP) is -0.418. The molecule has 1 aliphatic rings. The van der Waals surface area contributed by atoms with Gasteiger partial charge in [-0.15, -0.1) is 0 Å². The molecule has 2 atom stereocenters. The van der Waals surface area contributed by atoms with Crippen molar-refractivity contribution in [2.24, 2.45) is 5.92 Å². The SMILES string of the molecule is COC(=O)C1CCCC1S(=O)(=O)N(C)CCO. The third kappa shape index (κ3) is 2.97. The minimum atomic E-state index is -3.53. The standard InChI is InChI=1S/C10H19NO5S/c1-11(6-7-12)17(14,15)9-5-3-4-8(9)10(13)16-2/h8-9,12H,3-7H2,1-2H3. The highest BCUT2D eigenvalue weighted by atomic mass is 32.2. The number of ether oxygens (including phenoxy) is 1. The molecule has 0 radical (unpaired) electrons. The van der Waals surface area contributed by atoms with Crippen molar-refractivity contribution in [3.8, 4) is 0 Å². The highest BCUT2D eigenvalue weighted by Crippen LogP contribution is 2.33. The summed E-state index contributed by atoms with van der Waals surface area (Å²) < 4.78 is 30.1. The van der Waals surface area contributed by atoms with Crippen molar-refractivity contribution in [1.82, 2.24) is 4.31 Å². The quantitative estimate of drug-likeness (QED) is 0.683. The molecule has 0 aromatic rings. The maximum absolute atomic E-state index is 12.2. The molecule has 1 rings (SSSR count). The van der Waals surface area contributed by atoms with E-state index in [1.807, 2.05) is 0 Å². The first-order chi connectivity index (χ1) is 7.95. The zero-order valence-electron chi connectivity index (χ0n) is 10.1. The van der Waals surface area contributed by atoms with Gasteiger partial charge in [0.2, 0.25) is 10.0 Å². The highest BCUT2D eigenvalue weighted by molar-refractivity contribution is 7.89. The van der Waals surface area contributed by atoms with Gasteiger partial charge >= 0.3 is 5.97 Å². The molecular weight excluding hydrogens is 246 g/mol. The van der Waals surface area contributed by atoms with Crippen molar-refractivity contribution in [2.45, 2.75) is 24.5 Å². The molecule has 0 aromatic heterocycles. The van der Waals surface area contributed by atoms with E-state index in [2.05, 4.69) is 4.74 Å². The largest absolute Gasteiger partial charge is 0.469 e. The van der Waals surface area contributed by atoms with Crippen LogP contribution in [0.4, 0.5) is 0 Å². The van der Waals surface area contributed by atoms with E-state index in [1.165, 1.54) is 14.2 Å². The van der Waals surface area contributed by atoms with Gasteiger partial charge in [-0.1, -0.05) is 6.42 Å². The van der Waals surface area contributed by atoms with Crippen LogP contribution < -0.4 is 0 Å². The minimum Gasteiger partial charge on any atom is -0.469 e. The number of esters is 1. The van der Waals surface area contributed by atoms with Crippen molar-refractivity contribution >= 4 is 16.0 Å². The average Bonchev–Trinajstić information content (AvgIpc) is 2.77. The summed E-state index contributed by atoms with van der Waals surface area (Å²) in [7, 11) is -0.852. The van der Waals surface area contributed by atoms with E-state index in [1.54, 1.807) is 0 Å². The second-order valence-corrected chi connectivity index (χ2v) is 6.45. The Kier molecular flexibility index (Phi) is 4.91. The minimum absolute atomic E-state index is 0.0483. The summed E-state index contributed by atoms with van der Waals surface area (Å²) in [5.41, 5.74) is 0. The molecule has 1 fully saturated rings. The number of likely N-dealkylation sites (N-methyl/N-ethyl adjacent to an activating group) is 1. The summed E-state index contributed by atoms with van der Waals surface area (Å²) >= 11 is 0. The van der Waals surface area contributed by atoms with E-state index in [-0.39, 0.29) is 13.2 Å². The van der Waals surface area contributed by atoms with Gasteiger partial charge < -0.3 is 9.84 Å². The third-order valence-corrected chi connectivity index (χ3v) is 5.57.